The third-order valence-electron chi connectivity index (χ3n) is 4.28. The van der Waals surface area contributed by atoms with E-state index >= 15 is 0 Å². The number of rotatable bonds is 5. The highest BCUT2D eigenvalue weighted by molar-refractivity contribution is 5.76. The quantitative estimate of drug-likeness (QED) is 0.623. The van der Waals surface area contributed by atoms with Crippen LogP contribution in [-0.2, 0) is 29.7 Å². The van der Waals surface area contributed by atoms with Gasteiger partial charge in [0.05, 0.1) is 6.61 Å². The summed E-state index contributed by atoms with van der Waals surface area (Å²) in [5.41, 5.74) is 0.395. The van der Waals surface area contributed by atoms with E-state index in [0.29, 0.717) is 17.3 Å². The molecule has 0 N–H and O–H groups in total. The highest BCUT2D eigenvalue weighted by atomic mass is 16.5. The first-order chi connectivity index (χ1) is 12.3. The Morgan fingerprint density at radius 2 is 1.96 bits per heavy atom. The van der Waals surface area contributed by atoms with Crippen LogP contribution >= 0.6 is 0 Å². The molecule has 0 unspecified atom stereocenters. The maximum absolute atomic E-state index is 12.9. The molecule has 0 bridgehead atoms. The molecule has 0 aliphatic heterocycles. The largest absolute Gasteiger partial charge is 0.465 e. The van der Waals surface area contributed by atoms with Crippen molar-refractivity contribution in [2.45, 2.75) is 40.8 Å². The summed E-state index contributed by atoms with van der Waals surface area (Å²) in [5, 5.41) is 0. The normalized spacial score (nSPS) is 11.8. The number of fused-ring (bicyclic) bond motifs is 3. The summed E-state index contributed by atoms with van der Waals surface area (Å²) in [6.07, 6.45) is 1.83. The molecule has 9 nitrogen and oxygen atoms in total. The average Bonchev–Trinajstić information content (AvgIpc) is 3.06. The zero-order chi connectivity index (χ0) is 19.2. The van der Waals surface area contributed by atoms with Gasteiger partial charge in [-0.3, -0.25) is 18.6 Å². The number of aromatic nitrogens is 5. The Morgan fingerprint density at radius 1 is 1.27 bits per heavy atom. The first-order valence-corrected chi connectivity index (χ1v) is 8.59. The fourth-order valence-corrected chi connectivity index (χ4v) is 3.12. The number of imidazole rings is 2. The molecule has 0 fully saturated rings. The molecule has 0 atom stereocenters. The van der Waals surface area contributed by atoms with E-state index in [1.54, 1.807) is 11.3 Å². The fraction of sp³-hybridized carbons (Fsp3) is 0.529. The minimum absolute atomic E-state index is 0.185. The molecule has 0 aromatic carbocycles. The van der Waals surface area contributed by atoms with Crippen LogP contribution < -0.4 is 11.2 Å². The van der Waals surface area contributed by atoms with Gasteiger partial charge < -0.3 is 9.30 Å². The summed E-state index contributed by atoms with van der Waals surface area (Å²) in [7, 11) is 1.54. The second-order valence-electron chi connectivity index (χ2n) is 6.77. The molecule has 0 aliphatic rings. The molecule has 0 aliphatic carbocycles. The van der Waals surface area contributed by atoms with Crippen LogP contribution in [0.15, 0.2) is 15.8 Å². The van der Waals surface area contributed by atoms with Gasteiger partial charge in [-0.15, -0.1) is 0 Å². The standard InChI is InChI=1S/C17H23N5O4/c1-6-26-12(23)9-22-15(24)13-14(19(5)17(22)25)18-16-20(7-10(2)3)11(4)8-21(13)16/h8,10H,6-7,9H2,1-5H3. The van der Waals surface area contributed by atoms with E-state index in [9.17, 15) is 14.4 Å². The van der Waals surface area contributed by atoms with E-state index in [1.165, 1.54) is 11.6 Å². The molecular formula is C17H23N5O4. The maximum Gasteiger partial charge on any atom is 0.333 e. The number of carbonyl (C=O) groups is 1. The van der Waals surface area contributed by atoms with Gasteiger partial charge >= 0.3 is 11.7 Å². The maximum atomic E-state index is 12.9. The van der Waals surface area contributed by atoms with E-state index in [0.717, 1.165) is 16.8 Å². The van der Waals surface area contributed by atoms with Crippen LogP contribution in [0, 0.1) is 12.8 Å². The van der Waals surface area contributed by atoms with Crippen LogP contribution in [0.5, 0.6) is 0 Å². The molecule has 0 saturated carbocycles. The molecule has 140 valence electrons. The molecule has 0 amide bonds. The first kappa shape index (κ1) is 18.0. The molecular weight excluding hydrogens is 338 g/mol. The van der Waals surface area contributed by atoms with Crippen LogP contribution in [0.25, 0.3) is 16.9 Å². The van der Waals surface area contributed by atoms with Gasteiger partial charge in [0, 0.05) is 25.5 Å². The number of aryl methyl sites for hydroxylation is 2. The van der Waals surface area contributed by atoms with Crippen molar-refractivity contribution in [2.75, 3.05) is 6.61 Å². The molecule has 9 heteroatoms. The Hall–Kier alpha value is -2.84. The van der Waals surface area contributed by atoms with Crippen molar-refractivity contribution in [1.82, 2.24) is 23.1 Å². The number of ether oxygens (including phenoxy) is 1. The Balaban J connectivity index is 2.31. The first-order valence-electron chi connectivity index (χ1n) is 8.59. The van der Waals surface area contributed by atoms with E-state index in [-0.39, 0.29) is 12.1 Å². The van der Waals surface area contributed by atoms with E-state index in [4.69, 9.17) is 4.74 Å². The lowest BCUT2D eigenvalue weighted by molar-refractivity contribution is -0.143. The summed E-state index contributed by atoms with van der Waals surface area (Å²) < 4.78 is 10.8. The Bertz CT molecular complexity index is 1110. The summed E-state index contributed by atoms with van der Waals surface area (Å²) in [5.74, 6) is 0.376. The van der Waals surface area contributed by atoms with Gasteiger partial charge in [-0.2, -0.15) is 4.98 Å². The Labute approximate surface area is 149 Å². The lowest BCUT2D eigenvalue weighted by atomic mass is 10.2. The minimum Gasteiger partial charge on any atom is -0.465 e. The highest BCUT2D eigenvalue weighted by Crippen LogP contribution is 2.17. The smallest absolute Gasteiger partial charge is 0.333 e. The van der Waals surface area contributed by atoms with Crippen molar-refractivity contribution in [2.24, 2.45) is 13.0 Å². The van der Waals surface area contributed by atoms with Crippen LogP contribution in [0.3, 0.4) is 0 Å². The van der Waals surface area contributed by atoms with Gasteiger partial charge in [-0.05, 0) is 19.8 Å². The molecule has 3 aromatic rings. The average molecular weight is 361 g/mol. The van der Waals surface area contributed by atoms with Crippen molar-refractivity contribution in [3.05, 3.63) is 32.7 Å². The predicted molar refractivity (Wildman–Crippen MR) is 96.4 cm³/mol. The summed E-state index contributed by atoms with van der Waals surface area (Å²) >= 11 is 0. The van der Waals surface area contributed by atoms with Crippen molar-refractivity contribution >= 4 is 22.9 Å². The number of hydrogen-bond acceptors (Lipinski definition) is 5. The Morgan fingerprint density at radius 3 is 2.58 bits per heavy atom. The number of carbonyl (C=O) groups excluding carboxylic acids is 1. The van der Waals surface area contributed by atoms with Gasteiger partial charge in [0.25, 0.3) is 5.56 Å². The molecule has 0 saturated heterocycles. The second kappa shape index (κ2) is 6.47. The summed E-state index contributed by atoms with van der Waals surface area (Å²) in [4.78, 5) is 41.8. The second-order valence-corrected chi connectivity index (χ2v) is 6.77. The van der Waals surface area contributed by atoms with Crippen molar-refractivity contribution in [3.8, 4) is 0 Å². The lowest BCUT2D eigenvalue weighted by Crippen LogP contribution is -2.41. The fourth-order valence-electron chi connectivity index (χ4n) is 3.12. The predicted octanol–water partition coefficient (Wildman–Crippen LogP) is 0.677. The molecule has 0 radical (unpaired) electrons. The van der Waals surface area contributed by atoms with Gasteiger partial charge in [0.2, 0.25) is 5.78 Å². The van der Waals surface area contributed by atoms with E-state index in [1.807, 2.05) is 17.7 Å². The van der Waals surface area contributed by atoms with Crippen LogP contribution in [0.1, 0.15) is 26.5 Å². The lowest BCUT2D eigenvalue weighted by Gasteiger charge is -2.08. The van der Waals surface area contributed by atoms with Crippen molar-refractivity contribution < 1.29 is 9.53 Å². The molecule has 0 spiro atoms. The summed E-state index contributed by atoms with van der Waals surface area (Å²) in [6.45, 7) is 8.32. The molecule has 3 heterocycles. The molecule has 3 aromatic heterocycles. The number of hydrogen-bond donors (Lipinski definition) is 0. The Kier molecular flexibility index (Phi) is 4.47. The third-order valence-corrected chi connectivity index (χ3v) is 4.28. The van der Waals surface area contributed by atoms with Gasteiger partial charge in [0.1, 0.15) is 6.54 Å². The van der Waals surface area contributed by atoms with E-state index < -0.39 is 23.8 Å². The zero-order valence-corrected chi connectivity index (χ0v) is 15.6. The van der Waals surface area contributed by atoms with Crippen LogP contribution in [0.2, 0.25) is 0 Å². The summed E-state index contributed by atoms with van der Waals surface area (Å²) in [6, 6.07) is 0. The van der Waals surface area contributed by atoms with Crippen molar-refractivity contribution in [1.29, 1.82) is 0 Å². The van der Waals surface area contributed by atoms with Gasteiger partial charge in [-0.1, -0.05) is 13.8 Å². The van der Waals surface area contributed by atoms with Gasteiger partial charge in [-0.25, -0.2) is 9.36 Å². The van der Waals surface area contributed by atoms with E-state index in [2.05, 4.69) is 18.8 Å². The highest BCUT2D eigenvalue weighted by Gasteiger charge is 2.21. The van der Waals surface area contributed by atoms with Gasteiger partial charge in [0.15, 0.2) is 11.2 Å². The molecule has 26 heavy (non-hydrogen) atoms. The molecule has 3 rings (SSSR count). The SMILES string of the molecule is CCOC(=O)Cn1c(=O)c2c(nc3n(CC(C)C)c(C)cn23)n(C)c1=O. The minimum atomic E-state index is -0.625. The van der Waals surface area contributed by atoms with Crippen LogP contribution in [-0.4, -0.2) is 35.7 Å². The third kappa shape index (κ3) is 2.73. The number of nitrogens with zero attached hydrogens (tertiary/aromatic N) is 5. The van der Waals surface area contributed by atoms with Crippen LogP contribution in [0.4, 0.5) is 0 Å². The topological polar surface area (TPSA) is 92.5 Å². The number of esters is 1. The monoisotopic (exact) mass is 361 g/mol. The van der Waals surface area contributed by atoms with Crippen molar-refractivity contribution in [3.63, 3.8) is 0 Å². The zero-order valence-electron chi connectivity index (χ0n) is 15.6.